The lowest BCUT2D eigenvalue weighted by Crippen LogP contribution is -2.29. The molecule has 1 atom stereocenters. The molecule has 1 saturated heterocycles. The van der Waals surface area contributed by atoms with E-state index in [2.05, 4.69) is 4.98 Å². The van der Waals surface area contributed by atoms with Crippen molar-refractivity contribution in [2.45, 2.75) is 13.0 Å². The van der Waals surface area contributed by atoms with Crippen molar-refractivity contribution in [3.63, 3.8) is 0 Å². The average molecular weight is 435 g/mol. The molecule has 0 spiro atoms. The van der Waals surface area contributed by atoms with E-state index < -0.39 is 17.7 Å². The molecular weight excluding hydrogens is 416 g/mol. The Morgan fingerprint density at radius 2 is 1.81 bits per heavy atom. The Morgan fingerprint density at radius 3 is 2.45 bits per heavy atom. The smallest absolute Gasteiger partial charge is 0.300 e. The Hall–Kier alpha value is -3.64. The molecule has 4 rings (SSSR count). The first kappa shape index (κ1) is 20.6. The van der Waals surface area contributed by atoms with Crippen LogP contribution in [0.3, 0.4) is 0 Å². The van der Waals surface area contributed by atoms with Gasteiger partial charge in [0.05, 0.1) is 18.2 Å². The number of aromatic nitrogens is 1. The zero-order chi connectivity index (χ0) is 22.0. The summed E-state index contributed by atoms with van der Waals surface area (Å²) in [4.78, 5) is 31.5. The normalized spacial score (nSPS) is 17.7. The van der Waals surface area contributed by atoms with Gasteiger partial charge in [0.2, 0.25) is 0 Å². The lowest BCUT2D eigenvalue weighted by Gasteiger charge is -2.25. The number of halogens is 1. The second-order valence-electron chi connectivity index (χ2n) is 6.89. The van der Waals surface area contributed by atoms with Crippen LogP contribution < -0.4 is 9.64 Å². The van der Waals surface area contributed by atoms with Crippen LogP contribution in [-0.2, 0) is 9.59 Å². The molecule has 1 unspecified atom stereocenters. The van der Waals surface area contributed by atoms with Crippen LogP contribution in [0.1, 0.15) is 24.1 Å². The molecule has 1 amide bonds. The van der Waals surface area contributed by atoms with Crippen LogP contribution in [-0.4, -0.2) is 28.4 Å². The average Bonchev–Trinajstić information content (AvgIpc) is 3.05. The summed E-state index contributed by atoms with van der Waals surface area (Å²) in [6.45, 7) is 2.40. The quantitative estimate of drug-likeness (QED) is 0.356. The molecule has 2 heterocycles. The largest absolute Gasteiger partial charge is 0.507 e. The van der Waals surface area contributed by atoms with E-state index in [9.17, 15) is 14.7 Å². The van der Waals surface area contributed by atoms with Crippen molar-refractivity contribution in [1.82, 2.24) is 4.98 Å². The number of Topliss-reactive ketones (excluding diaryl/α,β-unsaturated/α-hetero) is 1. The van der Waals surface area contributed by atoms with Gasteiger partial charge in [0.15, 0.2) is 0 Å². The number of ketones is 1. The van der Waals surface area contributed by atoms with Gasteiger partial charge in [-0.1, -0.05) is 23.7 Å². The third-order valence-electron chi connectivity index (χ3n) is 4.99. The monoisotopic (exact) mass is 434 g/mol. The molecule has 1 aliphatic heterocycles. The van der Waals surface area contributed by atoms with Crippen LogP contribution in [0.2, 0.25) is 5.02 Å². The van der Waals surface area contributed by atoms with Crippen LogP contribution in [0.5, 0.6) is 5.75 Å². The summed E-state index contributed by atoms with van der Waals surface area (Å²) in [5, 5.41) is 11.4. The van der Waals surface area contributed by atoms with E-state index in [-0.39, 0.29) is 11.3 Å². The minimum absolute atomic E-state index is 0.00708. The van der Waals surface area contributed by atoms with E-state index in [4.69, 9.17) is 16.3 Å². The number of amides is 1. The predicted molar refractivity (Wildman–Crippen MR) is 118 cm³/mol. The number of aliphatic hydroxyl groups excluding tert-OH is 1. The van der Waals surface area contributed by atoms with Gasteiger partial charge in [0, 0.05) is 28.7 Å². The molecular formula is C24H19ClN2O4. The first-order valence-electron chi connectivity index (χ1n) is 9.71. The van der Waals surface area contributed by atoms with Crippen molar-refractivity contribution in [2.75, 3.05) is 11.5 Å². The highest BCUT2D eigenvalue weighted by molar-refractivity contribution is 6.51. The molecule has 1 aliphatic rings. The minimum Gasteiger partial charge on any atom is -0.507 e. The zero-order valence-electron chi connectivity index (χ0n) is 16.7. The van der Waals surface area contributed by atoms with Crippen molar-refractivity contribution >= 4 is 34.7 Å². The number of benzene rings is 2. The second-order valence-corrected chi connectivity index (χ2v) is 7.32. The Bertz CT molecular complexity index is 1160. The van der Waals surface area contributed by atoms with Crippen LogP contribution in [0.25, 0.3) is 5.76 Å². The Morgan fingerprint density at radius 1 is 1.10 bits per heavy atom. The van der Waals surface area contributed by atoms with Crippen molar-refractivity contribution in [1.29, 1.82) is 0 Å². The van der Waals surface area contributed by atoms with Gasteiger partial charge in [-0.25, -0.2) is 0 Å². The summed E-state index contributed by atoms with van der Waals surface area (Å²) in [5.41, 5.74) is 1.51. The maximum Gasteiger partial charge on any atom is 0.300 e. The Balaban J connectivity index is 1.88. The number of anilines is 1. The van der Waals surface area contributed by atoms with Gasteiger partial charge < -0.3 is 9.84 Å². The van der Waals surface area contributed by atoms with Crippen LogP contribution >= 0.6 is 11.6 Å². The van der Waals surface area contributed by atoms with Crippen LogP contribution in [0.4, 0.5) is 5.69 Å². The molecule has 0 radical (unpaired) electrons. The standard InChI is InChI=1S/C24H19ClN2O4/c1-2-31-19-8-6-18(7-9-19)27-21(15-10-12-26-13-11-15)20(23(29)24(27)30)22(28)16-4-3-5-17(25)14-16/h3-14,21,28H,2H2,1H3/b22-20-. The third kappa shape index (κ3) is 3.90. The molecule has 3 aromatic rings. The highest BCUT2D eigenvalue weighted by atomic mass is 35.5. The summed E-state index contributed by atoms with van der Waals surface area (Å²) in [6, 6.07) is 16.0. The van der Waals surface area contributed by atoms with Gasteiger partial charge in [0.25, 0.3) is 11.7 Å². The molecule has 7 heteroatoms. The minimum atomic E-state index is -0.820. The fourth-order valence-electron chi connectivity index (χ4n) is 3.62. The summed E-state index contributed by atoms with van der Waals surface area (Å²) in [6.07, 6.45) is 3.15. The van der Waals surface area contributed by atoms with Crippen molar-refractivity contribution in [3.05, 3.63) is 94.8 Å². The number of hydrogen-bond donors (Lipinski definition) is 1. The fourth-order valence-corrected chi connectivity index (χ4v) is 3.81. The van der Waals surface area contributed by atoms with Gasteiger partial charge in [-0.3, -0.25) is 19.5 Å². The first-order valence-corrected chi connectivity index (χ1v) is 10.1. The first-order chi connectivity index (χ1) is 15.0. The zero-order valence-corrected chi connectivity index (χ0v) is 17.4. The molecule has 156 valence electrons. The van der Waals surface area contributed by atoms with Crippen LogP contribution in [0, 0.1) is 0 Å². The number of hydrogen-bond acceptors (Lipinski definition) is 5. The lowest BCUT2D eigenvalue weighted by molar-refractivity contribution is -0.132. The molecule has 1 fully saturated rings. The molecule has 2 aromatic carbocycles. The summed E-state index contributed by atoms with van der Waals surface area (Å²) < 4.78 is 5.47. The van der Waals surface area contributed by atoms with E-state index in [1.54, 1.807) is 73.1 Å². The maximum absolute atomic E-state index is 13.1. The highest BCUT2D eigenvalue weighted by Gasteiger charge is 2.46. The van der Waals surface area contributed by atoms with Gasteiger partial charge in [0.1, 0.15) is 11.5 Å². The SMILES string of the molecule is CCOc1ccc(N2C(=O)C(=O)/C(=C(\O)c3cccc(Cl)c3)C2c2ccncc2)cc1. The molecule has 0 aliphatic carbocycles. The molecule has 31 heavy (non-hydrogen) atoms. The number of rotatable bonds is 5. The van der Waals surface area contributed by atoms with E-state index >= 15 is 0 Å². The molecule has 1 aromatic heterocycles. The topological polar surface area (TPSA) is 79.7 Å². The van der Waals surface area contributed by atoms with Gasteiger partial charge in [-0.15, -0.1) is 0 Å². The van der Waals surface area contributed by atoms with E-state index in [1.165, 1.54) is 4.90 Å². The molecule has 0 saturated carbocycles. The summed E-state index contributed by atoms with van der Waals surface area (Å²) in [5.74, 6) is -1.12. The number of aliphatic hydroxyl groups is 1. The number of ether oxygens (including phenoxy) is 1. The summed E-state index contributed by atoms with van der Waals surface area (Å²) >= 11 is 6.06. The van der Waals surface area contributed by atoms with E-state index in [0.717, 1.165) is 0 Å². The number of pyridine rings is 1. The maximum atomic E-state index is 13.1. The number of carbonyl (C=O) groups is 2. The van der Waals surface area contributed by atoms with Crippen LogP contribution in [0.15, 0.2) is 78.6 Å². The Kier molecular flexibility index (Phi) is 5.73. The fraction of sp³-hybridized carbons (Fsp3) is 0.125. The third-order valence-corrected chi connectivity index (χ3v) is 5.23. The van der Waals surface area contributed by atoms with Gasteiger partial charge >= 0.3 is 0 Å². The number of nitrogens with zero attached hydrogens (tertiary/aromatic N) is 2. The van der Waals surface area contributed by atoms with Crippen molar-refractivity contribution in [3.8, 4) is 5.75 Å². The Labute approximate surface area is 184 Å². The summed E-state index contributed by atoms with van der Waals surface area (Å²) in [7, 11) is 0. The molecule has 6 nitrogen and oxygen atoms in total. The van der Waals surface area contributed by atoms with Gasteiger partial charge in [-0.2, -0.15) is 0 Å². The van der Waals surface area contributed by atoms with Crippen molar-refractivity contribution in [2.24, 2.45) is 0 Å². The van der Waals surface area contributed by atoms with Gasteiger partial charge in [-0.05, 0) is 61.0 Å². The van der Waals surface area contributed by atoms with Crippen molar-refractivity contribution < 1.29 is 19.4 Å². The molecule has 0 bridgehead atoms. The van der Waals surface area contributed by atoms with E-state index in [1.807, 2.05) is 6.92 Å². The predicted octanol–water partition coefficient (Wildman–Crippen LogP) is 4.76. The highest BCUT2D eigenvalue weighted by Crippen LogP contribution is 2.42. The lowest BCUT2D eigenvalue weighted by atomic mass is 9.96. The second kappa shape index (κ2) is 8.62. The molecule has 1 N–H and O–H groups in total. The number of carbonyl (C=O) groups excluding carboxylic acids is 2. The van der Waals surface area contributed by atoms with E-state index in [0.29, 0.717) is 34.2 Å².